The van der Waals surface area contributed by atoms with Crippen molar-refractivity contribution in [3.05, 3.63) is 42.2 Å². The van der Waals surface area contributed by atoms with Gasteiger partial charge in [0.15, 0.2) is 0 Å². The Labute approximate surface area is 116 Å². The lowest BCUT2D eigenvalue weighted by Gasteiger charge is -2.18. The van der Waals surface area contributed by atoms with E-state index in [0.717, 1.165) is 19.0 Å². The molecule has 4 heteroatoms. The molecule has 2 rings (SSSR count). The van der Waals surface area contributed by atoms with Crippen LogP contribution in [0.4, 0.5) is 0 Å². The minimum absolute atomic E-state index is 0. The van der Waals surface area contributed by atoms with Gasteiger partial charge in [-0.3, -0.25) is 4.98 Å². The molecule has 1 N–H and O–H groups in total. The maximum absolute atomic E-state index is 4.10. The van der Waals surface area contributed by atoms with E-state index in [-0.39, 0.29) is 24.8 Å². The van der Waals surface area contributed by atoms with Gasteiger partial charge >= 0.3 is 0 Å². The van der Waals surface area contributed by atoms with Crippen molar-refractivity contribution in [3.8, 4) is 0 Å². The van der Waals surface area contributed by atoms with Crippen LogP contribution in [-0.4, -0.2) is 11.5 Å². The van der Waals surface area contributed by atoms with Gasteiger partial charge in [-0.15, -0.1) is 0 Å². The molecule has 0 aromatic carbocycles. The average Bonchev–Trinajstić information content (AvgIpc) is 2.32. The second-order valence-electron chi connectivity index (χ2n) is 4.14. The van der Waals surface area contributed by atoms with E-state index in [2.05, 4.69) is 28.5 Å². The highest BCUT2D eigenvalue weighted by Gasteiger charge is 2.08. The number of pyridine rings is 1. The van der Waals surface area contributed by atoms with Gasteiger partial charge in [-0.2, -0.15) is 0 Å². The van der Waals surface area contributed by atoms with Crippen molar-refractivity contribution in [2.24, 2.45) is 5.92 Å². The smallest absolute Gasteiger partial charge is 0.0312 e. The predicted molar refractivity (Wildman–Crippen MR) is 62.4 cm³/mol. The number of aromatic nitrogens is 1. The van der Waals surface area contributed by atoms with Crippen LogP contribution < -0.4 is 30.1 Å². The normalized spacial score (nSPS) is 18.0. The Bertz CT molecular complexity index is 314. The highest BCUT2D eigenvalue weighted by Crippen LogP contribution is 2.16. The van der Waals surface area contributed by atoms with Gasteiger partial charge in [0.1, 0.15) is 0 Å². The number of rotatable bonds is 4. The van der Waals surface area contributed by atoms with E-state index < -0.39 is 0 Å². The Balaban J connectivity index is 0.00000128. The highest BCUT2D eigenvalue weighted by molar-refractivity contribution is 5.07. The first-order valence-electron chi connectivity index (χ1n) is 5.70. The SMILES string of the molecule is C1=CCC(CNCc2cccnc2)CC1.[Cl-].[Cl-]. The molecule has 0 radical (unpaired) electrons. The largest absolute Gasteiger partial charge is 1.00 e. The minimum atomic E-state index is 0. The van der Waals surface area contributed by atoms with Gasteiger partial charge < -0.3 is 30.1 Å². The maximum Gasteiger partial charge on any atom is 0.0312 e. The molecule has 2 nitrogen and oxygen atoms in total. The Hall–Kier alpha value is -0.570. The van der Waals surface area contributed by atoms with E-state index in [1.165, 1.54) is 24.8 Å². The third kappa shape index (κ3) is 6.06. The number of nitrogens with zero attached hydrogens (tertiary/aromatic N) is 1. The van der Waals surface area contributed by atoms with E-state index in [1.54, 1.807) is 0 Å². The van der Waals surface area contributed by atoms with E-state index in [0.29, 0.717) is 0 Å². The highest BCUT2D eigenvalue weighted by atomic mass is 35.5. The van der Waals surface area contributed by atoms with Gasteiger partial charge in [0.25, 0.3) is 0 Å². The van der Waals surface area contributed by atoms with E-state index >= 15 is 0 Å². The fourth-order valence-corrected chi connectivity index (χ4v) is 1.97. The molecule has 1 aromatic rings. The van der Waals surface area contributed by atoms with E-state index in [9.17, 15) is 0 Å². The fraction of sp³-hybridized carbons (Fsp3) is 0.462. The van der Waals surface area contributed by atoms with Crippen molar-refractivity contribution in [1.29, 1.82) is 0 Å². The predicted octanol–water partition coefficient (Wildman–Crippen LogP) is -3.46. The molecule has 0 aliphatic heterocycles. The second-order valence-corrected chi connectivity index (χ2v) is 4.14. The Morgan fingerprint density at radius 1 is 1.29 bits per heavy atom. The fourth-order valence-electron chi connectivity index (χ4n) is 1.97. The van der Waals surface area contributed by atoms with Crippen LogP contribution in [0.2, 0.25) is 0 Å². The minimum Gasteiger partial charge on any atom is -1.00 e. The molecule has 0 saturated carbocycles. The summed E-state index contributed by atoms with van der Waals surface area (Å²) in [5.41, 5.74) is 1.27. The summed E-state index contributed by atoms with van der Waals surface area (Å²) in [4.78, 5) is 4.10. The molecule has 1 atom stereocenters. The first-order chi connectivity index (χ1) is 7.45. The van der Waals surface area contributed by atoms with Crippen molar-refractivity contribution in [2.45, 2.75) is 25.8 Å². The zero-order chi connectivity index (χ0) is 10.3. The van der Waals surface area contributed by atoms with Crippen LogP contribution in [0, 0.1) is 5.92 Å². The Morgan fingerprint density at radius 2 is 2.18 bits per heavy atom. The molecule has 1 aromatic heterocycles. The third-order valence-corrected chi connectivity index (χ3v) is 2.86. The molecule has 1 heterocycles. The molecule has 1 aliphatic carbocycles. The van der Waals surface area contributed by atoms with Crippen molar-refractivity contribution in [3.63, 3.8) is 0 Å². The summed E-state index contributed by atoms with van der Waals surface area (Å²) >= 11 is 0. The molecular formula is C13H18Cl2N2-2. The van der Waals surface area contributed by atoms with Crippen molar-refractivity contribution < 1.29 is 24.8 Å². The van der Waals surface area contributed by atoms with Crippen molar-refractivity contribution >= 4 is 0 Å². The van der Waals surface area contributed by atoms with Crippen LogP contribution in [0.25, 0.3) is 0 Å². The van der Waals surface area contributed by atoms with Gasteiger partial charge in [0.05, 0.1) is 0 Å². The molecule has 17 heavy (non-hydrogen) atoms. The molecule has 0 fully saturated rings. The number of hydrogen-bond donors (Lipinski definition) is 1. The number of halogens is 2. The summed E-state index contributed by atoms with van der Waals surface area (Å²) in [5, 5.41) is 3.50. The molecule has 0 amide bonds. The maximum atomic E-state index is 4.10. The zero-order valence-corrected chi connectivity index (χ0v) is 11.3. The molecule has 96 valence electrons. The lowest BCUT2D eigenvalue weighted by atomic mass is 9.94. The monoisotopic (exact) mass is 272 g/mol. The van der Waals surface area contributed by atoms with Crippen LogP contribution in [0.15, 0.2) is 36.7 Å². The molecule has 0 saturated heterocycles. The van der Waals surface area contributed by atoms with Crippen LogP contribution in [0.3, 0.4) is 0 Å². The van der Waals surface area contributed by atoms with E-state index in [1.807, 2.05) is 18.5 Å². The van der Waals surface area contributed by atoms with Gasteiger partial charge in [-0.05, 0) is 43.4 Å². The van der Waals surface area contributed by atoms with Gasteiger partial charge in [0.2, 0.25) is 0 Å². The summed E-state index contributed by atoms with van der Waals surface area (Å²) in [6, 6.07) is 4.10. The standard InChI is InChI=1S/C13H18N2.2ClH/c1-2-5-12(6-3-1)9-15-11-13-7-4-8-14-10-13;;/h1-2,4,7-8,10,12,15H,3,5-6,9,11H2;2*1H/p-2. The van der Waals surface area contributed by atoms with Crippen LogP contribution >= 0.6 is 0 Å². The van der Waals surface area contributed by atoms with E-state index in [4.69, 9.17) is 0 Å². The summed E-state index contributed by atoms with van der Waals surface area (Å²) in [7, 11) is 0. The Kier molecular flexibility index (Phi) is 9.14. The lowest BCUT2D eigenvalue weighted by Crippen LogP contribution is -3.00. The van der Waals surface area contributed by atoms with Crippen molar-refractivity contribution in [1.82, 2.24) is 10.3 Å². The lowest BCUT2D eigenvalue weighted by molar-refractivity contribution is -0.001000. The van der Waals surface area contributed by atoms with Gasteiger partial charge in [-0.1, -0.05) is 18.2 Å². The first-order valence-corrected chi connectivity index (χ1v) is 5.70. The number of hydrogen-bond acceptors (Lipinski definition) is 2. The van der Waals surface area contributed by atoms with Gasteiger partial charge in [0, 0.05) is 18.9 Å². The molecular weight excluding hydrogens is 255 g/mol. The summed E-state index contributed by atoms with van der Waals surface area (Å²) in [5.74, 6) is 0.826. The number of allylic oxidation sites excluding steroid dienone is 2. The summed E-state index contributed by atoms with van der Waals surface area (Å²) in [6.07, 6.45) is 12.1. The molecule has 0 spiro atoms. The topological polar surface area (TPSA) is 24.9 Å². The second kappa shape index (κ2) is 9.46. The quantitative estimate of drug-likeness (QED) is 0.577. The van der Waals surface area contributed by atoms with Crippen LogP contribution in [0.5, 0.6) is 0 Å². The van der Waals surface area contributed by atoms with Crippen molar-refractivity contribution in [2.75, 3.05) is 6.54 Å². The van der Waals surface area contributed by atoms with Crippen LogP contribution in [-0.2, 0) is 6.54 Å². The molecule has 1 unspecified atom stereocenters. The Morgan fingerprint density at radius 3 is 2.82 bits per heavy atom. The molecule has 0 bridgehead atoms. The third-order valence-electron chi connectivity index (χ3n) is 2.86. The zero-order valence-electron chi connectivity index (χ0n) is 9.78. The van der Waals surface area contributed by atoms with Crippen LogP contribution in [0.1, 0.15) is 24.8 Å². The average molecular weight is 273 g/mol. The summed E-state index contributed by atoms with van der Waals surface area (Å²) in [6.45, 7) is 2.06. The first kappa shape index (κ1) is 16.4. The number of nitrogens with one attached hydrogen (secondary N) is 1. The van der Waals surface area contributed by atoms with Gasteiger partial charge in [-0.25, -0.2) is 0 Å². The summed E-state index contributed by atoms with van der Waals surface area (Å²) < 4.78 is 0. The molecule has 1 aliphatic rings.